The second-order valence-electron chi connectivity index (χ2n) is 7.34. The van der Waals surface area contributed by atoms with Crippen molar-refractivity contribution in [3.05, 3.63) is 89.5 Å². The molecule has 0 spiro atoms. The molecule has 162 valence electrons. The van der Waals surface area contributed by atoms with Gasteiger partial charge < -0.3 is 19.1 Å². The van der Waals surface area contributed by atoms with Crippen molar-refractivity contribution in [3.63, 3.8) is 0 Å². The quantitative estimate of drug-likeness (QED) is 0.471. The van der Waals surface area contributed by atoms with E-state index in [4.69, 9.17) is 14.2 Å². The van der Waals surface area contributed by atoms with Gasteiger partial charge in [-0.15, -0.1) is 0 Å². The minimum absolute atomic E-state index is 0.0470. The smallest absolute Gasteiger partial charge is 0.254 e. The number of methoxy groups -OCH3 is 3. The summed E-state index contributed by atoms with van der Waals surface area (Å²) in [5, 5.41) is 0. The molecule has 0 saturated heterocycles. The van der Waals surface area contributed by atoms with Gasteiger partial charge in [-0.25, -0.2) is 0 Å². The standard InChI is InChI=1S/C26H29NO4/c1-18(20-6-12-23(29-3)13-7-20)27(19(2)21-8-14-24(30-4)15-9-21)26(28)22-10-16-25(31-5)17-11-22/h6-19H,1-5H3/t18-,19-/m1/s1. The molecule has 0 aliphatic carbocycles. The number of hydrogen-bond acceptors (Lipinski definition) is 4. The van der Waals surface area contributed by atoms with E-state index in [1.807, 2.05) is 79.4 Å². The second-order valence-corrected chi connectivity index (χ2v) is 7.34. The maximum absolute atomic E-state index is 13.7. The highest BCUT2D eigenvalue weighted by molar-refractivity contribution is 5.95. The Balaban J connectivity index is 1.98. The normalized spacial score (nSPS) is 12.5. The Bertz CT molecular complexity index is 928. The molecule has 0 aliphatic heterocycles. The maximum Gasteiger partial charge on any atom is 0.254 e. The van der Waals surface area contributed by atoms with Crippen molar-refractivity contribution >= 4 is 5.91 Å². The van der Waals surface area contributed by atoms with Crippen LogP contribution >= 0.6 is 0 Å². The Morgan fingerprint density at radius 2 is 0.935 bits per heavy atom. The number of amides is 1. The van der Waals surface area contributed by atoms with Gasteiger partial charge in [-0.2, -0.15) is 0 Å². The van der Waals surface area contributed by atoms with E-state index in [1.54, 1.807) is 33.5 Å². The number of rotatable bonds is 8. The number of nitrogens with zero attached hydrogens (tertiary/aromatic N) is 1. The van der Waals surface area contributed by atoms with Crippen molar-refractivity contribution < 1.29 is 19.0 Å². The molecule has 0 saturated carbocycles. The third kappa shape index (κ3) is 5.00. The monoisotopic (exact) mass is 419 g/mol. The van der Waals surface area contributed by atoms with E-state index in [-0.39, 0.29) is 18.0 Å². The second kappa shape index (κ2) is 10.0. The molecule has 0 N–H and O–H groups in total. The average molecular weight is 420 g/mol. The van der Waals surface area contributed by atoms with Crippen LogP contribution < -0.4 is 14.2 Å². The lowest BCUT2D eigenvalue weighted by atomic mass is 9.99. The van der Waals surface area contributed by atoms with Crippen molar-refractivity contribution in [2.24, 2.45) is 0 Å². The first-order valence-electron chi connectivity index (χ1n) is 10.2. The molecule has 1 amide bonds. The van der Waals surface area contributed by atoms with E-state index >= 15 is 0 Å². The van der Waals surface area contributed by atoms with Crippen LogP contribution in [0.1, 0.15) is 47.4 Å². The molecule has 0 unspecified atom stereocenters. The first kappa shape index (κ1) is 22.2. The summed E-state index contributed by atoms with van der Waals surface area (Å²) in [5.41, 5.74) is 2.67. The molecular weight excluding hydrogens is 390 g/mol. The molecule has 5 nitrogen and oxygen atoms in total. The Labute approximate surface area is 184 Å². The van der Waals surface area contributed by atoms with Crippen LogP contribution in [-0.4, -0.2) is 32.1 Å². The summed E-state index contributed by atoms with van der Waals surface area (Å²) in [7, 11) is 4.90. The summed E-state index contributed by atoms with van der Waals surface area (Å²) in [6.45, 7) is 4.09. The lowest BCUT2D eigenvalue weighted by Gasteiger charge is -2.35. The molecular formula is C26H29NO4. The zero-order valence-electron chi connectivity index (χ0n) is 18.7. The fourth-order valence-corrected chi connectivity index (χ4v) is 3.66. The fraction of sp³-hybridized carbons (Fsp3) is 0.269. The van der Waals surface area contributed by atoms with Gasteiger partial charge in [0, 0.05) is 5.56 Å². The summed E-state index contributed by atoms with van der Waals surface area (Å²) in [6.07, 6.45) is 0. The van der Waals surface area contributed by atoms with Gasteiger partial charge in [0.15, 0.2) is 0 Å². The summed E-state index contributed by atoms with van der Waals surface area (Å²) < 4.78 is 15.8. The number of ether oxygens (including phenoxy) is 3. The van der Waals surface area contributed by atoms with Crippen LogP contribution in [0.3, 0.4) is 0 Å². The van der Waals surface area contributed by atoms with Crippen molar-refractivity contribution in [1.29, 1.82) is 0 Å². The molecule has 0 aromatic heterocycles. The van der Waals surface area contributed by atoms with E-state index in [0.717, 1.165) is 28.4 Å². The predicted molar refractivity (Wildman–Crippen MR) is 122 cm³/mol. The van der Waals surface area contributed by atoms with Gasteiger partial charge in [0.1, 0.15) is 17.2 Å². The van der Waals surface area contributed by atoms with E-state index < -0.39 is 0 Å². The van der Waals surface area contributed by atoms with Gasteiger partial charge in [-0.1, -0.05) is 24.3 Å². The Morgan fingerprint density at radius 1 is 0.613 bits per heavy atom. The Morgan fingerprint density at radius 3 is 1.26 bits per heavy atom. The van der Waals surface area contributed by atoms with Crippen LogP contribution in [0.4, 0.5) is 0 Å². The first-order valence-corrected chi connectivity index (χ1v) is 10.2. The molecule has 0 bridgehead atoms. The van der Waals surface area contributed by atoms with Gasteiger partial charge in [0.25, 0.3) is 5.91 Å². The number of carbonyl (C=O) groups excluding carboxylic acids is 1. The lowest BCUT2D eigenvalue weighted by molar-refractivity contribution is 0.0604. The third-order valence-corrected chi connectivity index (χ3v) is 5.60. The summed E-state index contributed by atoms with van der Waals surface area (Å²) in [4.78, 5) is 15.6. The largest absolute Gasteiger partial charge is 0.497 e. The van der Waals surface area contributed by atoms with Crippen LogP contribution in [0, 0.1) is 0 Å². The molecule has 3 aromatic rings. The van der Waals surface area contributed by atoms with Crippen LogP contribution in [0.25, 0.3) is 0 Å². The molecule has 0 heterocycles. The van der Waals surface area contributed by atoms with Gasteiger partial charge in [0.2, 0.25) is 0 Å². The zero-order valence-corrected chi connectivity index (χ0v) is 18.7. The van der Waals surface area contributed by atoms with E-state index in [9.17, 15) is 4.79 Å². The topological polar surface area (TPSA) is 48.0 Å². The highest BCUT2D eigenvalue weighted by Gasteiger charge is 2.28. The van der Waals surface area contributed by atoms with Gasteiger partial charge in [-0.05, 0) is 73.5 Å². The third-order valence-electron chi connectivity index (χ3n) is 5.60. The van der Waals surface area contributed by atoms with Crippen molar-refractivity contribution in [2.45, 2.75) is 25.9 Å². The molecule has 0 aliphatic rings. The maximum atomic E-state index is 13.7. The van der Waals surface area contributed by atoms with Crippen molar-refractivity contribution in [1.82, 2.24) is 4.90 Å². The number of benzene rings is 3. The summed E-state index contributed by atoms with van der Waals surface area (Å²) in [5.74, 6) is 2.24. The van der Waals surface area contributed by atoms with Crippen molar-refractivity contribution in [3.8, 4) is 17.2 Å². The fourth-order valence-electron chi connectivity index (χ4n) is 3.66. The molecule has 2 atom stereocenters. The van der Waals surface area contributed by atoms with E-state index in [2.05, 4.69) is 0 Å². The molecule has 5 heteroatoms. The van der Waals surface area contributed by atoms with Gasteiger partial charge >= 0.3 is 0 Å². The minimum atomic E-state index is -0.155. The van der Waals surface area contributed by atoms with E-state index in [1.165, 1.54) is 0 Å². The predicted octanol–water partition coefficient (Wildman–Crippen LogP) is 5.68. The van der Waals surface area contributed by atoms with Crippen LogP contribution in [0.2, 0.25) is 0 Å². The van der Waals surface area contributed by atoms with Crippen molar-refractivity contribution in [2.75, 3.05) is 21.3 Å². The van der Waals surface area contributed by atoms with Gasteiger partial charge in [-0.3, -0.25) is 4.79 Å². The molecule has 0 radical (unpaired) electrons. The Hall–Kier alpha value is -3.47. The summed E-state index contributed by atoms with van der Waals surface area (Å²) >= 11 is 0. The van der Waals surface area contributed by atoms with Crippen LogP contribution in [0.15, 0.2) is 72.8 Å². The number of hydrogen-bond donors (Lipinski definition) is 0. The van der Waals surface area contributed by atoms with Crippen LogP contribution in [0.5, 0.6) is 17.2 Å². The summed E-state index contributed by atoms with van der Waals surface area (Å²) in [6, 6.07) is 22.6. The Kier molecular flexibility index (Phi) is 7.19. The zero-order chi connectivity index (χ0) is 22.4. The van der Waals surface area contributed by atoms with E-state index in [0.29, 0.717) is 5.56 Å². The average Bonchev–Trinajstić information content (AvgIpc) is 2.84. The minimum Gasteiger partial charge on any atom is -0.497 e. The van der Waals surface area contributed by atoms with Gasteiger partial charge in [0.05, 0.1) is 33.4 Å². The highest BCUT2D eigenvalue weighted by atomic mass is 16.5. The van der Waals surface area contributed by atoms with Crippen LogP contribution in [-0.2, 0) is 0 Å². The molecule has 31 heavy (non-hydrogen) atoms. The SMILES string of the molecule is COc1ccc(C(=O)N([C@H](C)c2ccc(OC)cc2)[C@H](C)c2ccc(OC)cc2)cc1. The lowest BCUT2D eigenvalue weighted by Crippen LogP contribution is -2.36. The molecule has 3 aromatic carbocycles. The highest BCUT2D eigenvalue weighted by Crippen LogP contribution is 2.33. The first-order chi connectivity index (χ1) is 15.0. The number of carbonyl (C=O) groups is 1. The molecule has 3 rings (SSSR count). The molecule has 0 fully saturated rings.